The Balaban J connectivity index is 1.52. The highest BCUT2D eigenvalue weighted by Gasteiger charge is 2.36. The number of hydrogen-bond donors (Lipinski definition) is 1. The lowest BCUT2D eigenvalue weighted by molar-refractivity contribution is -0.116. The molecule has 29 heavy (non-hydrogen) atoms. The van der Waals surface area contributed by atoms with Gasteiger partial charge < -0.3 is 5.32 Å². The van der Waals surface area contributed by atoms with Gasteiger partial charge in [-0.25, -0.2) is 4.68 Å². The van der Waals surface area contributed by atoms with Gasteiger partial charge in [0.05, 0.1) is 0 Å². The van der Waals surface area contributed by atoms with Crippen LogP contribution in [0.4, 0.5) is 5.95 Å². The number of ketones is 1. The molecule has 0 fully saturated rings. The van der Waals surface area contributed by atoms with Gasteiger partial charge in [-0.1, -0.05) is 39.8 Å². The van der Waals surface area contributed by atoms with Crippen LogP contribution in [0.5, 0.6) is 0 Å². The second-order valence-electron chi connectivity index (χ2n) is 7.05. The van der Waals surface area contributed by atoms with E-state index >= 15 is 0 Å². The first kappa shape index (κ1) is 18.6. The third kappa shape index (κ3) is 3.62. The SMILES string of the molecule is O=C1CCCC2=C1C(c1ccc(Br)cc1)n1nc(SCc3ccncc3)nc1N2. The molecule has 3 aromatic rings. The molecule has 1 aromatic carbocycles. The van der Waals surface area contributed by atoms with E-state index in [1.165, 1.54) is 5.56 Å². The molecule has 146 valence electrons. The minimum absolute atomic E-state index is 0.193. The number of anilines is 1. The van der Waals surface area contributed by atoms with Crippen LogP contribution in [0.15, 0.2) is 69.7 Å². The average molecular weight is 468 g/mol. The Labute approximate surface area is 181 Å². The van der Waals surface area contributed by atoms with Crippen molar-refractivity contribution in [2.45, 2.75) is 36.2 Å². The van der Waals surface area contributed by atoms with Crippen molar-refractivity contribution < 1.29 is 4.79 Å². The van der Waals surface area contributed by atoms with Crippen LogP contribution in [0.1, 0.15) is 36.4 Å². The molecule has 1 atom stereocenters. The smallest absolute Gasteiger partial charge is 0.227 e. The summed E-state index contributed by atoms with van der Waals surface area (Å²) < 4.78 is 2.87. The van der Waals surface area contributed by atoms with Crippen LogP contribution in [-0.4, -0.2) is 25.5 Å². The van der Waals surface area contributed by atoms with E-state index in [2.05, 4.69) is 26.2 Å². The summed E-state index contributed by atoms with van der Waals surface area (Å²) in [4.78, 5) is 21.6. The maximum absolute atomic E-state index is 12.8. The molecular formula is C21H18BrN5OS. The molecule has 0 saturated heterocycles. The number of fused-ring (bicyclic) bond motifs is 1. The number of aromatic nitrogens is 4. The van der Waals surface area contributed by atoms with Crippen LogP contribution in [-0.2, 0) is 10.5 Å². The van der Waals surface area contributed by atoms with E-state index in [4.69, 9.17) is 10.1 Å². The van der Waals surface area contributed by atoms with Crippen LogP contribution in [0.2, 0.25) is 0 Å². The lowest BCUT2D eigenvalue weighted by atomic mass is 9.85. The van der Waals surface area contributed by atoms with E-state index < -0.39 is 0 Å². The fourth-order valence-corrected chi connectivity index (χ4v) is 4.83. The van der Waals surface area contributed by atoms with Crippen molar-refractivity contribution in [3.63, 3.8) is 0 Å². The maximum atomic E-state index is 12.8. The summed E-state index contributed by atoms with van der Waals surface area (Å²) in [5.41, 5.74) is 4.01. The molecule has 6 nitrogen and oxygen atoms in total. The Kier molecular flexibility index (Phi) is 4.97. The number of nitrogens with one attached hydrogen (secondary N) is 1. The molecule has 3 heterocycles. The highest BCUT2D eigenvalue weighted by Crippen LogP contribution is 2.40. The number of carbonyl (C=O) groups is 1. The van der Waals surface area contributed by atoms with E-state index in [1.54, 1.807) is 24.2 Å². The number of nitrogens with zero attached hydrogens (tertiary/aromatic N) is 4. The minimum Gasteiger partial charge on any atom is -0.328 e. The fraction of sp³-hybridized carbons (Fsp3) is 0.238. The first-order chi connectivity index (χ1) is 14.2. The predicted octanol–water partition coefficient (Wildman–Crippen LogP) is 4.75. The van der Waals surface area contributed by atoms with Gasteiger partial charge in [0.15, 0.2) is 5.78 Å². The molecule has 0 amide bonds. The van der Waals surface area contributed by atoms with Gasteiger partial charge in [0.1, 0.15) is 6.04 Å². The van der Waals surface area contributed by atoms with Crippen LogP contribution in [0, 0.1) is 0 Å². The van der Waals surface area contributed by atoms with Gasteiger partial charge in [0.2, 0.25) is 11.1 Å². The van der Waals surface area contributed by atoms with Crippen LogP contribution >= 0.6 is 27.7 Å². The van der Waals surface area contributed by atoms with Gasteiger partial charge in [-0.15, -0.1) is 5.10 Å². The largest absolute Gasteiger partial charge is 0.328 e. The summed E-state index contributed by atoms with van der Waals surface area (Å²) in [5, 5.41) is 8.83. The number of carbonyl (C=O) groups excluding carboxylic acids is 1. The zero-order valence-electron chi connectivity index (χ0n) is 15.5. The van der Waals surface area contributed by atoms with Crippen molar-refractivity contribution >= 4 is 39.4 Å². The first-order valence-corrected chi connectivity index (χ1v) is 11.2. The summed E-state index contributed by atoms with van der Waals surface area (Å²) in [5.74, 6) is 1.66. The zero-order valence-corrected chi connectivity index (χ0v) is 17.9. The highest BCUT2D eigenvalue weighted by molar-refractivity contribution is 9.10. The van der Waals surface area contributed by atoms with Gasteiger partial charge in [-0.05, 0) is 48.2 Å². The molecular weight excluding hydrogens is 450 g/mol. The minimum atomic E-state index is -0.245. The van der Waals surface area contributed by atoms with E-state index in [-0.39, 0.29) is 11.8 Å². The molecule has 8 heteroatoms. The molecule has 0 spiro atoms. The summed E-state index contributed by atoms with van der Waals surface area (Å²) in [6.07, 6.45) is 5.89. The second-order valence-corrected chi connectivity index (χ2v) is 8.91. The van der Waals surface area contributed by atoms with Crippen molar-refractivity contribution in [1.82, 2.24) is 19.7 Å². The Bertz CT molecular complexity index is 1090. The average Bonchev–Trinajstić information content (AvgIpc) is 3.15. The third-order valence-corrected chi connectivity index (χ3v) is 6.59. The molecule has 2 aromatic heterocycles. The summed E-state index contributed by atoms with van der Waals surface area (Å²) in [6.45, 7) is 0. The van der Waals surface area contributed by atoms with E-state index in [9.17, 15) is 4.79 Å². The molecule has 1 aliphatic carbocycles. The number of Topliss-reactive ketones (excluding diaryl/α,β-unsaturated/α-hetero) is 1. The van der Waals surface area contributed by atoms with Crippen molar-refractivity contribution in [2.24, 2.45) is 0 Å². The van der Waals surface area contributed by atoms with Crippen LogP contribution in [0.25, 0.3) is 0 Å². The lowest BCUT2D eigenvalue weighted by Crippen LogP contribution is -2.31. The van der Waals surface area contributed by atoms with Crippen molar-refractivity contribution in [2.75, 3.05) is 5.32 Å². The number of benzene rings is 1. The molecule has 2 aliphatic rings. The monoisotopic (exact) mass is 467 g/mol. The number of thioether (sulfide) groups is 1. The summed E-state index contributed by atoms with van der Waals surface area (Å²) in [7, 11) is 0. The number of hydrogen-bond acceptors (Lipinski definition) is 6. The van der Waals surface area contributed by atoms with Crippen molar-refractivity contribution in [3.8, 4) is 0 Å². The van der Waals surface area contributed by atoms with Crippen molar-refractivity contribution in [3.05, 3.63) is 75.7 Å². The van der Waals surface area contributed by atoms with Gasteiger partial charge in [0, 0.05) is 40.3 Å². The zero-order chi connectivity index (χ0) is 19.8. The Morgan fingerprint density at radius 1 is 1.14 bits per heavy atom. The van der Waals surface area contributed by atoms with Gasteiger partial charge in [-0.3, -0.25) is 9.78 Å². The quantitative estimate of drug-likeness (QED) is 0.558. The lowest BCUT2D eigenvalue weighted by Gasteiger charge is -2.32. The summed E-state index contributed by atoms with van der Waals surface area (Å²) >= 11 is 5.07. The molecule has 5 rings (SSSR count). The molecule has 0 saturated carbocycles. The van der Waals surface area contributed by atoms with Gasteiger partial charge in [-0.2, -0.15) is 4.98 Å². The second kappa shape index (κ2) is 7.76. The third-order valence-electron chi connectivity index (χ3n) is 5.15. The van der Waals surface area contributed by atoms with Crippen LogP contribution in [0.3, 0.4) is 0 Å². The summed E-state index contributed by atoms with van der Waals surface area (Å²) in [6, 6.07) is 11.8. The number of pyridine rings is 1. The molecule has 0 radical (unpaired) electrons. The molecule has 0 bridgehead atoms. The van der Waals surface area contributed by atoms with E-state index in [1.807, 2.05) is 41.1 Å². The van der Waals surface area contributed by atoms with Gasteiger partial charge in [0.25, 0.3) is 0 Å². The number of allylic oxidation sites excluding steroid dienone is 2. The maximum Gasteiger partial charge on any atom is 0.227 e. The molecule has 1 N–H and O–H groups in total. The van der Waals surface area contributed by atoms with E-state index in [0.29, 0.717) is 17.5 Å². The first-order valence-electron chi connectivity index (χ1n) is 9.46. The Hall–Kier alpha value is -2.45. The highest BCUT2D eigenvalue weighted by atomic mass is 79.9. The standard InChI is InChI=1S/C21H18BrN5OS/c22-15-6-4-14(5-7-15)19-18-16(2-1-3-17(18)28)24-20-25-21(26-27(19)20)29-12-13-8-10-23-11-9-13/h4-11,19H,1-3,12H2,(H,24,25,26). The Morgan fingerprint density at radius 3 is 2.72 bits per heavy atom. The predicted molar refractivity (Wildman–Crippen MR) is 116 cm³/mol. The van der Waals surface area contributed by atoms with Crippen LogP contribution < -0.4 is 5.32 Å². The van der Waals surface area contributed by atoms with Gasteiger partial charge >= 0.3 is 0 Å². The van der Waals surface area contributed by atoms with Crippen molar-refractivity contribution in [1.29, 1.82) is 0 Å². The number of rotatable bonds is 4. The molecule has 1 aliphatic heterocycles. The fourth-order valence-electron chi connectivity index (χ4n) is 3.78. The topological polar surface area (TPSA) is 72.7 Å². The number of halogens is 1. The molecule has 1 unspecified atom stereocenters. The normalized spacial score (nSPS) is 18.2. The van der Waals surface area contributed by atoms with E-state index in [0.717, 1.165) is 39.9 Å². The Morgan fingerprint density at radius 2 is 1.93 bits per heavy atom.